The summed E-state index contributed by atoms with van der Waals surface area (Å²) in [5, 5.41) is 3.11. The minimum Gasteiger partial charge on any atom is -0.352 e. The van der Waals surface area contributed by atoms with Crippen LogP contribution in [-0.2, 0) is 31.6 Å². The van der Waals surface area contributed by atoms with Crippen LogP contribution in [0.25, 0.3) is 0 Å². The van der Waals surface area contributed by atoms with Gasteiger partial charge in [-0.05, 0) is 105 Å². The fraction of sp³-hybridized carbons (Fsp3) is 0.588. The molecule has 2 aromatic rings. The monoisotopic (exact) mass is 591 g/mol. The van der Waals surface area contributed by atoms with Gasteiger partial charge in [0, 0.05) is 12.6 Å². The van der Waals surface area contributed by atoms with Gasteiger partial charge in [-0.1, -0.05) is 55.3 Å². The molecule has 2 amide bonds. The molecule has 0 radical (unpaired) electrons. The van der Waals surface area contributed by atoms with Crippen LogP contribution in [0.1, 0.15) is 82.3 Å². The predicted molar refractivity (Wildman–Crippen MR) is 165 cm³/mol. The van der Waals surface area contributed by atoms with E-state index >= 15 is 0 Å². The number of rotatable bonds is 10. The first-order valence-corrected chi connectivity index (χ1v) is 17.7. The Balaban J connectivity index is 1.22. The molecule has 5 aliphatic carbocycles. The molecule has 5 fully saturated rings. The van der Waals surface area contributed by atoms with Gasteiger partial charge in [0.1, 0.15) is 12.6 Å². The number of benzene rings is 2. The highest BCUT2D eigenvalue weighted by Gasteiger charge is 2.51. The lowest BCUT2D eigenvalue weighted by Gasteiger charge is -2.57. The number of carbonyl (C=O) groups is 2. The maximum absolute atomic E-state index is 13.9. The van der Waals surface area contributed by atoms with Gasteiger partial charge in [0.05, 0.1) is 11.9 Å². The zero-order valence-electron chi connectivity index (χ0n) is 25.0. The predicted octanol–water partition coefficient (Wildman–Crippen LogP) is 5.40. The summed E-state index contributed by atoms with van der Waals surface area (Å²) in [6, 6.07) is 16.9. The van der Waals surface area contributed by atoms with Gasteiger partial charge in [-0.3, -0.25) is 13.9 Å². The number of hydrogen-bond donors (Lipinski definition) is 1. The van der Waals surface area contributed by atoms with Crippen molar-refractivity contribution < 1.29 is 18.0 Å². The summed E-state index contributed by atoms with van der Waals surface area (Å²) < 4.78 is 27.3. The highest BCUT2D eigenvalue weighted by Crippen LogP contribution is 2.60. The highest BCUT2D eigenvalue weighted by atomic mass is 32.2. The van der Waals surface area contributed by atoms with Crippen LogP contribution in [0.3, 0.4) is 0 Å². The summed E-state index contributed by atoms with van der Waals surface area (Å²) in [4.78, 5) is 28.7. The van der Waals surface area contributed by atoms with Crippen LogP contribution in [0.5, 0.6) is 0 Å². The maximum Gasteiger partial charge on any atom is 0.244 e. The normalized spacial score (nSPS) is 27.5. The van der Waals surface area contributed by atoms with E-state index in [0.717, 1.165) is 55.3 Å². The van der Waals surface area contributed by atoms with E-state index in [4.69, 9.17) is 0 Å². The van der Waals surface area contributed by atoms with Crippen LogP contribution in [0.4, 0.5) is 5.69 Å². The Kier molecular flexibility index (Phi) is 8.11. The molecule has 42 heavy (non-hydrogen) atoms. The van der Waals surface area contributed by atoms with Gasteiger partial charge in [-0.15, -0.1) is 0 Å². The van der Waals surface area contributed by atoms with Crippen LogP contribution in [0.15, 0.2) is 54.6 Å². The molecular weight excluding hydrogens is 546 g/mol. The third-order valence-electron chi connectivity index (χ3n) is 10.5. The van der Waals surface area contributed by atoms with E-state index in [-0.39, 0.29) is 30.5 Å². The third kappa shape index (κ3) is 6.10. The fourth-order valence-corrected chi connectivity index (χ4v) is 9.66. The van der Waals surface area contributed by atoms with Gasteiger partial charge in [0.15, 0.2) is 0 Å². The van der Waals surface area contributed by atoms with Crippen molar-refractivity contribution in [3.63, 3.8) is 0 Å². The van der Waals surface area contributed by atoms with Gasteiger partial charge >= 0.3 is 0 Å². The van der Waals surface area contributed by atoms with Crippen molar-refractivity contribution in [2.75, 3.05) is 17.1 Å². The van der Waals surface area contributed by atoms with E-state index in [1.54, 1.807) is 6.92 Å². The third-order valence-corrected chi connectivity index (χ3v) is 11.7. The van der Waals surface area contributed by atoms with Crippen molar-refractivity contribution in [1.82, 2.24) is 10.2 Å². The van der Waals surface area contributed by atoms with E-state index in [9.17, 15) is 18.0 Å². The minimum atomic E-state index is -3.76. The molecule has 2 aromatic carbocycles. The molecule has 8 heteroatoms. The summed E-state index contributed by atoms with van der Waals surface area (Å²) >= 11 is 0. The lowest BCUT2D eigenvalue weighted by Crippen LogP contribution is -2.52. The second kappa shape index (κ2) is 11.7. The zero-order chi connectivity index (χ0) is 29.5. The first-order chi connectivity index (χ1) is 20.1. The maximum atomic E-state index is 13.9. The average molecular weight is 592 g/mol. The molecule has 0 heterocycles. The van der Waals surface area contributed by atoms with E-state index in [1.165, 1.54) is 53.3 Å². The van der Waals surface area contributed by atoms with Gasteiger partial charge in [0.2, 0.25) is 21.8 Å². The van der Waals surface area contributed by atoms with Crippen molar-refractivity contribution in [3.8, 4) is 0 Å². The van der Waals surface area contributed by atoms with E-state index in [0.29, 0.717) is 5.69 Å². The van der Waals surface area contributed by atoms with E-state index in [2.05, 4.69) is 17.4 Å². The molecule has 226 valence electrons. The topological polar surface area (TPSA) is 86.8 Å². The van der Waals surface area contributed by atoms with Crippen molar-refractivity contribution in [1.29, 1.82) is 0 Å². The first kappa shape index (κ1) is 29.2. The quantitative estimate of drug-likeness (QED) is 0.401. The number of nitrogens with one attached hydrogen (secondary N) is 1. The Morgan fingerprint density at radius 3 is 2.02 bits per heavy atom. The largest absolute Gasteiger partial charge is 0.352 e. The first-order valence-electron chi connectivity index (χ1n) is 15.8. The van der Waals surface area contributed by atoms with Gasteiger partial charge in [-0.2, -0.15) is 0 Å². The standard InChI is InChI=1S/C34H45N3O4S/c1-24(33(39)35-30-10-6-7-11-30)36(22-25-8-4-3-5-9-25)32(38)23-37(42(2,40)41)31-14-12-29(13-15-31)34-19-26-16-27(20-34)18-28(17-26)21-34/h3-5,8-9,12-15,24,26-28,30H,6-7,10-11,16-23H2,1-2H3,(H,35,39)/t24-,26?,27?,28?,34?/m0/s1. The molecule has 7 rings (SSSR count). The SMILES string of the molecule is C[C@@H](C(=O)NC1CCCC1)N(Cc1ccccc1)C(=O)CN(c1ccc(C23CC4CC(CC(C4)C2)C3)cc1)S(C)(=O)=O. The molecule has 7 nitrogen and oxygen atoms in total. The molecule has 0 aromatic heterocycles. The number of amides is 2. The fourth-order valence-electron chi connectivity index (χ4n) is 8.81. The Morgan fingerprint density at radius 1 is 0.905 bits per heavy atom. The molecule has 0 aliphatic heterocycles. The second-order valence-corrected chi connectivity index (χ2v) is 15.6. The smallest absolute Gasteiger partial charge is 0.244 e. The van der Waals surface area contributed by atoms with Gasteiger partial charge in [-0.25, -0.2) is 8.42 Å². The van der Waals surface area contributed by atoms with Crippen molar-refractivity contribution >= 4 is 27.5 Å². The summed E-state index contributed by atoms with van der Waals surface area (Å²) in [5.74, 6) is 1.87. The molecule has 0 saturated heterocycles. The highest BCUT2D eigenvalue weighted by molar-refractivity contribution is 7.92. The lowest BCUT2D eigenvalue weighted by atomic mass is 9.48. The Bertz CT molecular complexity index is 1350. The van der Waals surface area contributed by atoms with Crippen LogP contribution < -0.4 is 9.62 Å². The zero-order valence-corrected chi connectivity index (χ0v) is 25.8. The molecule has 0 unspecified atom stereocenters. The Hall–Kier alpha value is -2.87. The summed E-state index contributed by atoms with van der Waals surface area (Å²) in [6.45, 7) is 1.60. The Labute approximate surface area is 251 Å². The molecule has 5 saturated carbocycles. The summed E-state index contributed by atoms with van der Waals surface area (Å²) in [7, 11) is -3.76. The van der Waals surface area contributed by atoms with E-state index in [1.807, 2.05) is 42.5 Å². The van der Waals surface area contributed by atoms with Crippen LogP contribution >= 0.6 is 0 Å². The molecule has 1 atom stereocenters. The Morgan fingerprint density at radius 2 is 1.48 bits per heavy atom. The molecule has 0 spiro atoms. The van der Waals surface area contributed by atoms with Crippen LogP contribution in [0, 0.1) is 17.8 Å². The number of sulfonamides is 1. The molecule has 4 bridgehead atoms. The number of carbonyl (C=O) groups excluding carboxylic acids is 2. The van der Waals surface area contributed by atoms with Gasteiger partial charge in [0.25, 0.3) is 0 Å². The van der Waals surface area contributed by atoms with Crippen LogP contribution in [-0.4, -0.2) is 50.0 Å². The lowest BCUT2D eigenvalue weighted by molar-refractivity contribution is -0.139. The van der Waals surface area contributed by atoms with Gasteiger partial charge < -0.3 is 10.2 Å². The van der Waals surface area contributed by atoms with Crippen molar-refractivity contribution in [2.45, 2.75) is 95.2 Å². The molecular formula is C34H45N3O4S. The average Bonchev–Trinajstić information content (AvgIpc) is 3.46. The van der Waals surface area contributed by atoms with Crippen LogP contribution in [0.2, 0.25) is 0 Å². The second-order valence-electron chi connectivity index (χ2n) is 13.7. The minimum absolute atomic E-state index is 0.133. The number of hydrogen-bond acceptors (Lipinski definition) is 4. The molecule has 5 aliphatic rings. The van der Waals surface area contributed by atoms with Crippen molar-refractivity contribution in [3.05, 3.63) is 65.7 Å². The molecule has 1 N–H and O–H groups in total. The van der Waals surface area contributed by atoms with E-state index < -0.39 is 22.0 Å². The number of anilines is 1. The number of nitrogens with zero attached hydrogens (tertiary/aromatic N) is 2. The summed E-state index contributed by atoms with van der Waals surface area (Å²) in [6.07, 6.45) is 13.1. The van der Waals surface area contributed by atoms with Crippen molar-refractivity contribution in [2.24, 2.45) is 17.8 Å². The summed E-state index contributed by atoms with van der Waals surface area (Å²) in [5.41, 5.74) is 2.90.